The molecule has 0 N–H and O–H groups in total. The highest BCUT2D eigenvalue weighted by Gasteiger charge is 1.96. The molecule has 0 saturated carbocycles. The summed E-state index contributed by atoms with van der Waals surface area (Å²) in [6.45, 7) is 4.19. The largest absolute Gasteiger partial charge is 0.236 e. The maximum Gasteiger partial charge on any atom is 0.0847 e. The Balaban J connectivity index is 3.10. The van der Waals surface area contributed by atoms with E-state index in [4.69, 9.17) is 0 Å². The van der Waals surface area contributed by atoms with Crippen molar-refractivity contribution in [3.05, 3.63) is 12.2 Å². The van der Waals surface area contributed by atoms with Crippen LogP contribution >= 0.6 is 0 Å². The van der Waals surface area contributed by atoms with E-state index in [0.29, 0.717) is 5.92 Å². The van der Waals surface area contributed by atoms with Gasteiger partial charge in [-0.15, -0.1) is 0 Å². The first-order valence-electron chi connectivity index (χ1n) is 4.04. The zero-order valence-electron chi connectivity index (χ0n) is 6.97. The molecule has 0 aromatic rings. The minimum atomic E-state index is 0.0694. The van der Waals surface area contributed by atoms with Gasteiger partial charge in [-0.2, -0.15) is 0 Å². The van der Waals surface area contributed by atoms with E-state index in [1.807, 2.05) is 6.92 Å². The van der Waals surface area contributed by atoms with Gasteiger partial charge in [-0.05, 0) is 25.2 Å². The van der Waals surface area contributed by atoms with Crippen LogP contribution in [0.15, 0.2) is 12.2 Å². The number of hydrogen-bond donors (Lipinski definition) is 0. The van der Waals surface area contributed by atoms with Crippen LogP contribution in [0.4, 0.5) is 0 Å². The van der Waals surface area contributed by atoms with Gasteiger partial charge in [-0.1, -0.05) is 26.0 Å². The summed E-state index contributed by atoms with van der Waals surface area (Å²) in [7, 11) is 0. The van der Waals surface area contributed by atoms with Crippen molar-refractivity contribution in [2.75, 3.05) is 6.61 Å². The predicted octanol–water partition coefficient (Wildman–Crippen LogP) is 2.80. The summed E-state index contributed by atoms with van der Waals surface area (Å²) in [6.07, 6.45) is 7.52. The fourth-order valence-corrected chi connectivity index (χ4v) is 0.749. The van der Waals surface area contributed by atoms with Gasteiger partial charge in [0.2, 0.25) is 0 Å². The van der Waals surface area contributed by atoms with Gasteiger partial charge >= 0.3 is 0 Å². The number of hydrogen-bond acceptors (Lipinski definition) is 0. The average Bonchev–Trinajstić information content (AvgIpc) is 1.98. The van der Waals surface area contributed by atoms with Crippen molar-refractivity contribution in [2.24, 2.45) is 5.92 Å². The zero-order valence-corrected chi connectivity index (χ0v) is 6.97. The Morgan fingerprint density at radius 3 is 2.60 bits per heavy atom. The lowest BCUT2D eigenvalue weighted by molar-refractivity contribution is 0.147. The summed E-state index contributed by atoms with van der Waals surface area (Å²) in [5, 5.41) is 10.3. The Labute approximate surface area is 63.8 Å². The fourth-order valence-electron chi connectivity index (χ4n) is 0.749. The van der Waals surface area contributed by atoms with Gasteiger partial charge in [0, 0.05) is 0 Å². The Morgan fingerprint density at radius 1 is 1.40 bits per heavy atom. The van der Waals surface area contributed by atoms with Crippen molar-refractivity contribution >= 4 is 0 Å². The van der Waals surface area contributed by atoms with E-state index < -0.39 is 0 Å². The lowest BCUT2D eigenvalue weighted by atomic mass is 10.1. The summed E-state index contributed by atoms with van der Waals surface area (Å²) in [5.41, 5.74) is 0. The van der Waals surface area contributed by atoms with E-state index in [-0.39, 0.29) is 6.61 Å². The second-order valence-electron chi connectivity index (χ2n) is 2.73. The van der Waals surface area contributed by atoms with Crippen molar-refractivity contribution in [2.45, 2.75) is 33.1 Å². The molecule has 1 heteroatoms. The summed E-state index contributed by atoms with van der Waals surface area (Å²) in [6, 6.07) is 0. The lowest BCUT2D eigenvalue weighted by Crippen LogP contribution is -1.97. The molecule has 0 aliphatic heterocycles. The van der Waals surface area contributed by atoms with E-state index in [2.05, 4.69) is 19.1 Å². The quantitative estimate of drug-likeness (QED) is 0.525. The standard InChI is InChI=1S/C9H17O/c1-3-4-5-6-7-9(2)8-10/h4-5,9H,3,6-8H2,1-2H3. The van der Waals surface area contributed by atoms with Gasteiger partial charge in [-0.3, -0.25) is 0 Å². The normalized spacial score (nSPS) is 14.3. The van der Waals surface area contributed by atoms with E-state index in [0.717, 1.165) is 19.3 Å². The minimum absolute atomic E-state index is 0.0694. The van der Waals surface area contributed by atoms with Crippen molar-refractivity contribution < 1.29 is 5.11 Å². The zero-order chi connectivity index (χ0) is 7.82. The first-order valence-corrected chi connectivity index (χ1v) is 4.04. The molecule has 1 nitrogen and oxygen atoms in total. The first-order chi connectivity index (χ1) is 4.81. The molecule has 0 amide bonds. The third kappa shape index (κ3) is 5.83. The van der Waals surface area contributed by atoms with Crippen molar-refractivity contribution in [1.29, 1.82) is 0 Å². The molecular weight excluding hydrogens is 124 g/mol. The number of allylic oxidation sites excluding steroid dienone is 2. The molecule has 1 radical (unpaired) electrons. The van der Waals surface area contributed by atoms with Gasteiger partial charge in [0.05, 0.1) is 6.61 Å². The van der Waals surface area contributed by atoms with Crippen molar-refractivity contribution in [3.63, 3.8) is 0 Å². The molecule has 0 aromatic heterocycles. The molecule has 0 rings (SSSR count). The molecule has 0 fully saturated rings. The van der Waals surface area contributed by atoms with Gasteiger partial charge in [0.15, 0.2) is 0 Å². The highest BCUT2D eigenvalue weighted by Crippen LogP contribution is 2.04. The van der Waals surface area contributed by atoms with Gasteiger partial charge < -0.3 is 0 Å². The second-order valence-corrected chi connectivity index (χ2v) is 2.73. The molecular formula is C9H17O. The highest BCUT2D eigenvalue weighted by atomic mass is 16.3. The summed E-state index contributed by atoms with van der Waals surface area (Å²) in [5.74, 6) is 0.349. The van der Waals surface area contributed by atoms with Crippen LogP contribution in [0.5, 0.6) is 0 Å². The summed E-state index contributed by atoms with van der Waals surface area (Å²) >= 11 is 0. The maximum absolute atomic E-state index is 10.3. The van der Waals surface area contributed by atoms with Crippen LogP contribution in [0.1, 0.15) is 33.1 Å². The van der Waals surface area contributed by atoms with E-state index in [1.165, 1.54) is 0 Å². The van der Waals surface area contributed by atoms with Crippen LogP contribution in [-0.4, -0.2) is 6.61 Å². The molecule has 0 aromatic carbocycles. The van der Waals surface area contributed by atoms with Gasteiger partial charge in [-0.25, -0.2) is 5.11 Å². The van der Waals surface area contributed by atoms with Crippen LogP contribution in [0.25, 0.3) is 0 Å². The van der Waals surface area contributed by atoms with Crippen LogP contribution in [0.3, 0.4) is 0 Å². The van der Waals surface area contributed by atoms with E-state index >= 15 is 0 Å². The minimum Gasteiger partial charge on any atom is -0.236 e. The molecule has 0 bridgehead atoms. The van der Waals surface area contributed by atoms with Crippen LogP contribution in [0.2, 0.25) is 0 Å². The summed E-state index contributed by atoms with van der Waals surface area (Å²) < 4.78 is 0. The van der Waals surface area contributed by atoms with Crippen LogP contribution < -0.4 is 0 Å². The number of rotatable bonds is 5. The topological polar surface area (TPSA) is 19.9 Å². The van der Waals surface area contributed by atoms with E-state index in [1.54, 1.807) is 0 Å². The highest BCUT2D eigenvalue weighted by molar-refractivity contribution is 4.80. The molecule has 1 atom stereocenters. The van der Waals surface area contributed by atoms with Crippen LogP contribution in [0, 0.1) is 5.92 Å². The fraction of sp³-hybridized carbons (Fsp3) is 0.778. The second kappa shape index (κ2) is 6.81. The maximum atomic E-state index is 10.3. The molecule has 0 aliphatic carbocycles. The van der Waals surface area contributed by atoms with Crippen molar-refractivity contribution in [1.82, 2.24) is 0 Å². The monoisotopic (exact) mass is 141 g/mol. The predicted molar refractivity (Wildman–Crippen MR) is 43.4 cm³/mol. The third-order valence-electron chi connectivity index (χ3n) is 1.51. The molecule has 1 unspecified atom stereocenters. The van der Waals surface area contributed by atoms with Crippen molar-refractivity contribution in [3.8, 4) is 0 Å². The van der Waals surface area contributed by atoms with Gasteiger partial charge in [0.1, 0.15) is 0 Å². The SMILES string of the molecule is CCC=CCCC(C)C[O]. The Kier molecular flexibility index (Phi) is 6.61. The van der Waals surface area contributed by atoms with Crippen LogP contribution in [-0.2, 0) is 5.11 Å². The molecule has 10 heavy (non-hydrogen) atoms. The molecule has 0 aliphatic rings. The molecule has 0 saturated heterocycles. The average molecular weight is 141 g/mol. The van der Waals surface area contributed by atoms with E-state index in [9.17, 15) is 5.11 Å². The Morgan fingerprint density at radius 2 is 2.10 bits per heavy atom. The van der Waals surface area contributed by atoms with Gasteiger partial charge in [0.25, 0.3) is 0 Å². The first kappa shape index (κ1) is 9.70. The molecule has 59 valence electrons. The summed E-state index contributed by atoms with van der Waals surface area (Å²) in [4.78, 5) is 0. The lowest BCUT2D eigenvalue weighted by Gasteiger charge is -2.01. The Hall–Kier alpha value is -0.300. The molecule has 0 heterocycles. The third-order valence-corrected chi connectivity index (χ3v) is 1.51. The Bertz CT molecular complexity index is 86.7. The smallest absolute Gasteiger partial charge is 0.0847 e. The molecule has 0 spiro atoms.